The summed E-state index contributed by atoms with van der Waals surface area (Å²) in [5.41, 5.74) is 6.47. The number of amides is 1. The van der Waals surface area contributed by atoms with Gasteiger partial charge in [-0.1, -0.05) is 12.1 Å². The summed E-state index contributed by atoms with van der Waals surface area (Å²) in [5, 5.41) is 3.01. The van der Waals surface area contributed by atoms with Crippen LogP contribution in [-0.4, -0.2) is 43.4 Å². The van der Waals surface area contributed by atoms with E-state index in [0.29, 0.717) is 12.2 Å². The summed E-state index contributed by atoms with van der Waals surface area (Å²) in [4.78, 5) is 20.4. The minimum Gasteiger partial charge on any atom is -0.406 e. The van der Waals surface area contributed by atoms with E-state index in [2.05, 4.69) is 49.1 Å². The van der Waals surface area contributed by atoms with Gasteiger partial charge in [0.25, 0.3) is 5.91 Å². The van der Waals surface area contributed by atoms with Crippen molar-refractivity contribution >= 4 is 17.3 Å². The Morgan fingerprint density at radius 1 is 0.919 bits per heavy atom. The molecule has 0 saturated carbocycles. The molecule has 6 rings (SSSR count). The molecule has 2 aromatic carbocycles. The molecule has 9 heteroatoms. The van der Waals surface area contributed by atoms with Gasteiger partial charge in [-0.15, -0.1) is 13.2 Å². The van der Waals surface area contributed by atoms with Crippen LogP contribution in [0.3, 0.4) is 0 Å². The van der Waals surface area contributed by atoms with E-state index in [9.17, 15) is 18.0 Å². The highest BCUT2D eigenvalue weighted by Crippen LogP contribution is 2.44. The number of ether oxygens (including phenoxy) is 1. The SMILES string of the molecule is O=C(NCc1ccc(N2CC3(C2)CN(c2ccc(OC(F)(F)F)cc2)C3)cc1)c1cc2c([nH]1)CCCC2. The van der Waals surface area contributed by atoms with Gasteiger partial charge in [0.1, 0.15) is 11.4 Å². The third kappa shape index (κ3) is 4.99. The minimum atomic E-state index is -4.67. The third-order valence-corrected chi connectivity index (χ3v) is 7.65. The van der Waals surface area contributed by atoms with Gasteiger partial charge >= 0.3 is 6.36 Å². The maximum absolute atomic E-state index is 12.6. The molecule has 0 bridgehead atoms. The van der Waals surface area contributed by atoms with Gasteiger partial charge in [0, 0.05) is 55.2 Å². The van der Waals surface area contributed by atoms with Crippen molar-refractivity contribution in [2.24, 2.45) is 5.41 Å². The topological polar surface area (TPSA) is 60.6 Å². The highest BCUT2D eigenvalue weighted by Gasteiger charge is 2.51. The molecule has 2 aliphatic heterocycles. The number of carbonyl (C=O) groups excluding carboxylic acids is 1. The zero-order chi connectivity index (χ0) is 25.6. The van der Waals surface area contributed by atoms with Crippen LogP contribution in [0.25, 0.3) is 0 Å². The fourth-order valence-corrected chi connectivity index (χ4v) is 5.78. The molecule has 3 aliphatic rings. The van der Waals surface area contributed by atoms with E-state index in [1.54, 1.807) is 12.1 Å². The molecule has 1 aliphatic carbocycles. The van der Waals surface area contributed by atoms with Crippen LogP contribution >= 0.6 is 0 Å². The number of aromatic amines is 1. The first-order valence-electron chi connectivity index (χ1n) is 12.7. The second kappa shape index (κ2) is 9.04. The number of alkyl halides is 3. The standard InChI is InChI=1S/C28H29F3N4O2/c29-28(30,31)37-23-11-9-22(10-12-23)35-17-27(18-35)15-34(16-27)21-7-5-19(6-8-21)14-32-26(36)25-13-20-3-1-2-4-24(20)33-25/h5-13,33H,1-4,14-18H2,(H,32,36). The summed E-state index contributed by atoms with van der Waals surface area (Å²) >= 11 is 0. The van der Waals surface area contributed by atoms with Crippen LogP contribution in [0, 0.1) is 5.41 Å². The van der Waals surface area contributed by atoms with Crippen molar-refractivity contribution in [2.45, 2.75) is 38.6 Å². The zero-order valence-corrected chi connectivity index (χ0v) is 20.4. The second-order valence-corrected chi connectivity index (χ2v) is 10.5. The van der Waals surface area contributed by atoms with Crippen molar-refractivity contribution in [2.75, 3.05) is 36.0 Å². The molecule has 6 nitrogen and oxygen atoms in total. The summed E-state index contributed by atoms with van der Waals surface area (Å²) in [6.45, 7) is 4.15. The van der Waals surface area contributed by atoms with E-state index in [0.717, 1.165) is 56.0 Å². The molecule has 0 radical (unpaired) electrons. The Balaban J connectivity index is 0.965. The van der Waals surface area contributed by atoms with Crippen molar-refractivity contribution in [1.82, 2.24) is 10.3 Å². The number of nitrogens with one attached hydrogen (secondary N) is 2. The van der Waals surface area contributed by atoms with E-state index < -0.39 is 6.36 Å². The number of hydrogen-bond donors (Lipinski definition) is 2. The fraction of sp³-hybridized carbons (Fsp3) is 0.393. The molecule has 37 heavy (non-hydrogen) atoms. The van der Waals surface area contributed by atoms with Crippen molar-refractivity contribution in [3.8, 4) is 5.75 Å². The van der Waals surface area contributed by atoms with Crippen molar-refractivity contribution < 1.29 is 22.7 Å². The average molecular weight is 511 g/mol. The number of fused-ring (bicyclic) bond motifs is 1. The van der Waals surface area contributed by atoms with E-state index in [1.807, 2.05) is 6.07 Å². The number of nitrogens with zero attached hydrogens (tertiary/aromatic N) is 2. The minimum absolute atomic E-state index is 0.0692. The first kappa shape index (κ1) is 23.8. The van der Waals surface area contributed by atoms with Gasteiger partial charge in [-0.05, 0) is 79.3 Å². The summed E-state index contributed by atoms with van der Waals surface area (Å²) < 4.78 is 41.0. The van der Waals surface area contributed by atoms with Gasteiger partial charge in [0.15, 0.2) is 0 Å². The van der Waals surface area contributed by atoms with Crippen LogP contribution in [0.15, 0.2) is 54.6 Å². The van der Waals surface area contributed by atoms with Gasteiger partial charge in [-0.3, -0.25) is 4.79 Å². The lowest BCUT2D eigenvalue weighted by Crippen LogP contribution is -2.72. The molecule has 194 valence electrons. The molecule has 0 atom stereocenters. The van der Waals surface area contributed by atoms with E-state index in [1.165, 1.54) is 36.2 Å². The van der Waals surface area contributed by atoms with Crippen LogP contribution in [0.5, 0.6) is 5.75 Å². The van der Waals surface area contributed by atoms with Gasteiger partial charge in [0.2, 0.25) is 0 Å². The fourth-order valence-electron chi connectivity index (χ4n) is 5.78. The molecule has 2 fully saturated rings. The quantitative estimate of drug-likeness (QED) is 0.488. The summed E-state index contributed by atoms with van der Waals surface area (Å²) in [7, 11) is 0. The van der Waals surface area contributed by atoms with Gasteiger partial charge in [-0.25, -0.2) is 0 Å². The molecule has 3 aromatic rings. The van der Waals surface area contributed by atoms with Crippen LogP contribution in [0.2, 0.25) is 0 Å². The number of aromatic nitrogens is 1. The number of rotatable bonds is 6. The van der Waals surface area contributed by atoms with Gasteiger partial charge in [-0.2, -0.15) is 0 Å². The number of benzene rings is 2. The molecule has 2 saturated heterocycles. The number of aryl methyl sites for hydroxylation is 2. The average Bonchev–Trinajstić information content (AvgIpc) is 3.26. The Hall–Kier alpha value is -3.62. The second-order valence-electron chi connectivity index (χ2n) is 10.5. The van der Waals surface area contributed by atoms with Crippen LogP contribution in [0.4, 0.5) is 24.5 Å². The Labute approximate surface area is 213 Å². The first-order valence-corrected chi connectivity index (χ1v) is 12.7. The molecule has 1 spiro atoms. The van der Waals surface area contributed by atoms with Crippen LogP contribution in [-0.2, 0) is 19.4 Å². The summed E-state index contributed by atoms with van der Waals surface area (Å²) in [6.07, 6.45) is -0.244. The molecule has 1 aromatic heterocycles. The third-order valence-electron chi connectivity index (χ3n) is 7.65. The monoisotopic (exact) mass is 510 g/mol. The van der Waals surface area contributed by atoms with Crippen LogP contribution < -0.4 is 19.9 Å². The smallest absolute Gasteiger partial charge is 0.406 e. The van der Waals surface area contributed by atoms with Crippen molar-refractivity contribution in [3.63, 3.8) is 0 Å². The van der Waals surface area contributed by atoms with E-state index >= 15 is 0 Å². The van der Waals surface area contributed by atoms with Crippen molar-refractivity contribution in [1.29, 1.82) is 0 Å². The summed E-state index contributed by atoms with van der Waals surface area (Å²) in [5.74, 6) is -0.271. The number of halogens is 3. The number of carbonyl (C=O) groups is 1. The maximum Gasteiger partial charge on any atom is 0.573 e. The lowest BCUT2D eigenvalue weighted by Gasteiger charge is -2.61. The largest absolute Gasteiger partial charge is 0.573 e. The Bertz CT molecular complexity index is 1250. The molecular formula is C28H29F3N4O2. The van der Waals surface area contributed by atoms with Gasteiger partial charge < -0.3 is 24.8 Å². The predicted octanol–water partition coefficient (Wildman–Crippen LogP) is 5.05. The van der Waals surface area contributed by atoms with Gasteiger partial charge in [0.05, 0.1) is 0 Å². The Morgan fingerprint density at radius 2 is 1.51 bits per heavy atom. The Morgan fingerprint density at radius 3 is 2.11 bits per heavy atom. The number of anilines is 2. The molecule has 3 heterocycles. The summed E-state index contributed by atoms with van der Waals surface area (Å²) in [6, 6.07) is 16.3. The van der Waals surface area contributed by atoms with E-state index in [-0.39, 0.29) is 17.1 Å². The molecule has 2 N–H and O–H groups in total. The zero-order valence-electron chi connectivity index (χ0n) is 20.4. The lowest BCUT2D eigenvalue weighted by atomic mass is 9.72. The normalized spacial score (nSPS) is 18.1. The Kier molecular flexibility index (Phi) is 5.81. The lowest BCUT2D eigenvalue weighted by molar-refractivity contribution is -0.274. The van der Waals surface area contributed by atoms with Crippen LogP contribution in [0.1, 0.15) is 40.2 Å². The van der Waals surface area contributed by atoms with Crippen molar-refractivity contribution in [3.05, 3.63) is 77.1 Å². The van der Waals surface area contributed by atoms with E-state index in [4.69, 9.17) is 0 Å². The molecule has 0 unspecified atom stereocenters. The number of hydrogen-bond acceptors (Lipinski definition) is 4. The highest BCUT2D eigenvalue weighted by atomic mass is 19.4. The highest BCUT2D eigenvalue weighted by molar-refractivity contribution is 5.92. The maximum atomic E-state index is 12.6. The predicted molar refractivity (Wildman–Crippen MR) is 135 cm³/mol. The first-order chi connectivity index (χ1) is 17.8. The number of H-pyrrole nitrogens is 1. The molecule has 1 amide bonds. The molecular weight excluding hydrogens is 481 g/mol.